The third kappa shape index (κ3) is 12.7. The van der Waals surface area contributed by atoms with Gasteiger partial charge in [-0.15, -0.1) is 0 Å². The molecule has 6 rings (SSSR count). The van der Waals surface area contributed by atoms with Crippen molar-refractivity contribution >= 4 is 50.9 Å². The summed E-state index contributed by atoms with van der Waals surface area (Å²) in [6.07, 6.45) is -53.0. The molecule has 29 heteroatoms. The minimum absolute atomic E-state index is 0.674. The molecule has 0 unspecified atom stereocenters. The fraction of sp³-hybridized carbons (Fsp3) is 0.195. The van der Waals surface area contributed by atoms with E-state index < -0.39 is 195 Å². The normalized spacial score (nSPS) is 13.5. The molecule has 2 nitrogen and oxygen atoms in total. The molecule has 1 heterocycles. The lowest BCUT2D eigenvalue weighted by molar-refractivity contribution is -0.871. The van der Waals surface area contributed by atoms with Gasteiger partial charge in [0.05, 0.1) is 49.9 Å². The van der Waals surface area contributed by atoms with Crippen LogP contribution in [0.25, 0.3) is 0 Å². The molecule has 0 bridgehead atoms. The summed E-state index contributed by atoms with van der Waals surface area (Å²) in [6, 6.07) is -1.52. The average molecular weight is 1080 g/mol. The van der Waals surface area contributed by atoms with Gasteiger partial charge in [-0.25, -0.2) is 4.84 Å². The molecule has 0 saturated carbocycles. The van der Waals surface area contributed by atoms with Crippen LogP contribution < -0.4 is 31.4 Å². The van der Waals surface area contributed by atoms with Gasteiger partial charge < -0.3 is 0 Å². The molecule has 70 heavy (non-hydrogen) atoms. The molecule has 0 N–H and O–H groups in total. The standard InChI is InChI=1S/C32H12BF24.C9H7ClNOS/c34-25(35,36)13-1-14(26(37,38)39)6-21(5-13)33(22-7-15(27(40,41)42)2-16(8-22)28(43,44)45,23-9-17(29(46,47)48)3-18(10-23)30(49,50)51)24-11-19(31(52,53)54)4-20(12-24)32(55,56)57;10-8-2-1-3-9(6-8)12-11-4-5-13-7-11/h1-12H;1-7H/q-1;+1. The molecule has 378 valence electrons. The quantitative estimate of drug-likeness (QED) is 0.0920. The number of alkyl halides is 24. The van der Waals surface area contributed by atoms with Crippen LogP contribution in [0.5, 0.6) is 5.75 Å². The highest BCUT2D eigenvalue weighted by Gasteiger charge is 2.47. The Bertz CT molecular complexity index is 2380. The van der Waals surface area contributed by atoms with Gasteiger partial charge in [0.1, 0.15) is 6.15 Å². The maximum absolute atomic E-state index is 14.2. The Hall–Kier alpha value is -5.80. The van der Waals surface area contributed by atoms with Gasteiger partial charge in [-0.1, -0.05) is 77.5 Å². The number of nitrogens with zero attached hydrogens (tertiary/aromatic N) is 1. The third-order valence-corrected chi connectivity index (χ3v) is 10.7. The van der Waals surface area contributed by atoms with E-state index in [0.717, 1.165) is 5.75 Å². The van der Waals surface area contributed by atoms with Gasteiger partial charge in [0.25, 0.3) is 5.51 Å². The Morgan fingerprint density at radius 1 is 0.371 bits per heavy atom. The van der Waals surface area contributed by atoms with E-state index >= 15 is 0 Å². The number of aromatic nitrogens is 1. The molecule has 0 radical (unpaired) electrons. The smallest absolute Gasteiger partial charge is 0.231 e. The lowest BCUT2D eigenvalue weighted by Gasteiger charge is -2.46. The summed E-state index contributed by atoms with van der Waals surface area (Å²) in [4.78, 5) is 5.44. The SMILES string of the molecule is Clc1cccc(O[n+]2ccsc2)c1.FC(F)(F)c1cc([B-](c2cc(C(F)(F)F)cc(C(F)(F)F)c2)(c2cc(C(F)(F)F)cc(C(F)(F)F)c2)c2cc(C(F)(F)F)cc(C(F)(F)F)c2)cc(C(F)(F)F)c1. The van der Waals surface area contributed by atoms with Crippen LogP contribution in [0.2, 0.25) is 5.02 Å². The summed E-state index contributed by atoms with van der Waals surface area (Å²) in [6.45, 7) is 0. The summed E-state index contributed by atoms with van der Waals surface area (Å²) in [5.41, 5.74) is -28.3. The second-order valence-corrected chi connectivity index (χ2v) is 15.8. The summed E-state index contributed by atoms with van der Waals surface area (Å²) in [5.74, 6) is 0.732. The molecular formula is C41H19BClF24NOS. The van der Waals surface area contributed by atoms with Crippen molar-refractivity contribution in [2.24, 2.45) is 0 Å². The number of hydrogen-bond donors (Lipinski definition) is 0. The van der Waals surface area contributed by atoms with Gasteiger partial charge in [-0.3, -0.25) is 0 Å². The highest BCUT2D eigenvalue weighted by Crippen LogP contribution is 2.41. The molecule has 0 spiro atoms. The summed E-state index contributed by atoms with van der Waals surface area (Å²) in [5, 5.41) is 2.61. The molecule has 0 aliphatic carbocycles. The van der Waals surface area contributed by atoms with Gasteiger partial charge >= 0.3 is 49.4 Å². The first kappa shape index (κ1) is 55.1. The zero-order valence-electron chi connectivity index (χ0n) is 33.3. The molecular weight excluding hydrogens is 1060 g/mol. The van der Waals surface area contributed by atoms with Crippen LogP contribution in [0.3, 0.4) is 0 Å². The van der Waals surface area contributed by atoms with Crippen molar-refractivity contribution < 1.29 is 115 Å². The van der Waals surface area contributed by atoms with Crippen molar-refractivity contribution in [3.63, 3.8) is 0 Å². The summed E-state index contributed by atoms with van der Waals surface area (Å²) >= 11 is 7.37. The van der Waals surface area contributed by atoms with Gasteiger partial charge in [0.2, 0.25) is 11.9 Å². The topological polar surface area (TPSA) is 13.1 Å². The predicted molar refractivity (Wildman–Crippen MR) is 202 cm³/mol. The van der Waals surface area contributed by atoms with Crippen molar-refractivity contribution in [1.29, 1.82) is 0 Å². The van der Waals surface area contributed by atoms with E-state index in [9.17, 15) is 105 Å². The van der Waals surface area contributed by atoms with E-state index in [1.165, 1.54) is 0 Å². The Morgan fingerprint density at radius 3 is 0.829 bits per heavy atom. The molecule has 0 aliphatic rings. The van der Waals surface area contributed by atoms with Crippen LogP contribution in [0.1, 0.15) is 44.5 Å². The number of rotatable bonds is 6. The Balaban J connectivity index is 0.000000600. The highest BCUT2D eigenvalue weighted by atomic mass is 35.5. The fourth-order valence-corrected chi connectivity index (χ4v) is 7.67. The Morgan fingerprint density at radius 2 is 0.629 bits per heavy atom. The molecule has 0 saturated heterocycles. The average Bonchev–Trinajstić information content (AvgIpc) is 3.71. The minimum atomic E-state index is -6.13. The van der Waals surface area contributed by atoms with E-state index in [1.54, 1.807) is 22.1 Å². The van der Waals surface area contributed by atoms with Crippen LogP contribution in [0.15, 0.2) is 114 Å². The third-order valence-electron chi connectivity index (χ3n) is 9.90. The van der Waals surface area contributed by atoms with Crippen LogP contribution in [-0.2, 0) is 49.4 Å². The first-order valence-corrected chi connectivity index (χ1v) is 19.7. The van der Waals surface area contributed by atoms with Crippen LogP contribution in [0, 0.1) is 0 Å². The zero-order valence-corrected chi connectivity index (χ0v) is 34.8. The molecule has 0 atom stereocenters. The number of benzene rings is 5. The second kappa shape index (κ2) is 18.8. The van der Waals surface area contributed by atoms with Gasteiger partial charge in [0.15, 0.2) is 0 Å². The summed E-state index contributed by atoms with van der Waals surface area (Å²) in [7, 11) is 0. The molecule has 0 amide bonds. The van der Waals surface area contributed by atoms with Crippen molar-refractivity contribution in [3.05, 3.63) is 164 Å². The van der Waals surface area contributed by atoms with E-state index in [4.69, 9.17) is 16.4 Å². The number of hydrogen-bond acceptors (Lipinski definition) is 2. The van der Waals surface area contributed by atoms with Gasteiger partial charge in [-0.05, 0) is 36.4 Å². The van der Waals surface area contributed by atoms with E-state index in [2.05, 4.69) is 0 Å². The molecule has 1 aromatic heterocycles. The maximum Gasteiger partial charge on any atom is 0.416 e. The summed E-state index contributed by atoms with van der Waals surface area (Å²) < 4.78 is 342. The first-order chi connectivity index (χ1) is 31.6. The van der Waals surface area contributed by atoms with Crippen molar-refractivity contribution in [1.82, 2.24) is 0 Å². The monoisotopic (exact) mass is 1080 g/mol. The lowest BCUT2D eigenvalue weighted by Crippen LogP contribution is -2.75. The lowest BCUT2D eigenvalue weighted by atomic mass is 9.12. The zero-order chi connectivity index (χ0) is 53.0. The molecule has 5 aromatic carbocycles. The maximum atomic E-state index is 14.2. The fourth-order valence-electron chi connectivity index (χ4n) is 6.99. The minimum Gasteiger partial charge on any atom is -0.231 e. The molecule has 0 fully saturated rings. The first-order valence-electron chi connectivity index (χ1n) is 18.3. The Labute approximate surface area is 384 Å². The van der Waals surface area contributed by atoms with E-state index in [-0.39, 0.29) is 0 Å². The van der Waals surface area contributed by atoms with Crippen molar-refractivity contribution in [3.8, 4) is 5.75 Å². The Kier molecular flexibility index (Phi) is 14.8. The van der Waals surface area contributed by atoms with E-state index in [1.807, 2.05) is 35.3 Å². The van der Waals surface area contributed by atoms with Crippen LogP contribution in [-0.4, -0.2) is 6.15 Å². The van der Waals surface area contributed by atoms with Crippen LogP contribution >= 0.6 is 22.9 Å². The van der Waals surface area contributed by atoms with Gasteiger partial charge in [0, 0.05) is 15.8 Å². The van der Waals surface area contributed by atoms with Crippen molar-refractivity contribution in [2.45, 2.75) is 49.4 Å². The predicted octanol–water partition coefficient (Wildman–Crippen LogP) is 13.7. The molecule has 0 aliphatic heterocycles. The van der Waals surface area contributed by atoms with Gasteiger partial charge in [-0.2, -0.15) is 127 Å². The van der Waals surface area contributed by atoms with Crippen LogP contribution in [0.4, 0.5) is 105 Å². The second-order valence-electron chi connectivity index (χ2n) is 14.7. The highest BCUT2D eigenvalue weighted by molar-refractivity contribution is 7.20. The number of halogens is 25. The largest absolute Gasteiger partial charge is 0.416 e. The van der Waals surface area contributed by atoms with E-state index in [0.29, 0.717) is 5.02 Å². The number of thiazole rings is 1. The van der Waals surface area contributed by atoms with Crippen molar-refractivity contribution in [2.75, 3.05) is 0 Å². The molecule has 6 aromatic rings.